The fraction of sp³-hybridized carbons (Fsp3) is 0.500. The number of aromatic carboxylic acids is 1. The van der Waals surface area contributed by atoms with Crippen molar-refractivity contribution in [2.24, 2.45) is 0 Å². The first kappa shape index (κ1) is 17.2. The van der Waals surface area contributed by atoms with E-state index in [0.29, 0.717) is 5.56 Å². The van der Waals surface area contributed by atoms with Gasteiger partial charge in [0.2, 0.25) is 0 Å². The Labute approximate surface area is 124 Å². The molecule has 0 aliphatic heterocycles. The van der Waals surface area contributed by atoms with E-state index in [9.17, 15) is 14.7 Å². The van der Waals surface area contributed by atoms with E-state index in [2.05, 4.69) is 4.89 Å². The van der Waals surface area contributed by atoms with Crippen molar-refractivity contribution in [3.63, 3.8) is 0 Å². The number of rotatable bonds is 2. The first-order valence-electron chi connectivity index (χ1n) is 6.68. The molecule has 5 nitrogen and oxygen atoms in total. The number of carbonyl (C=O) groups excluding carboxylic acids is 1. The zero-order chi connectivity index (χ0) is 16.6. The molecule has 2 N–H and O–H groups in total. The summed E-state index contributed by atoms with van der Waals surface area (Å²) < 4.78 is 0. The van der Waals surface area contributed by atoms with Gasteiger partial charge in [0.15, 0.2) is 0 Å². The average molecular weight is 294 g/mol. The van der Waals surface area contributed by atoms with Crippen molar-refractivity contribution in [1.29, 1.82) is 0 Å². The van der Waals surface area contributed by atoms with Crippen LogP contribution >= 0.6 is 0 Å². The standard InChI is InChI=1S/C16H22O5/c1-15(2,3)10-8-7-9(13(17)18)11(14(19)21-20)12(10)16(4,5)6/h7-8,20H,1-6H3,(H,17,18). The predicted octanol–water partition coefficient (Wildman–Crippen LogP) is 3.61. The molecule has 0 fully saturated rings. The maximum Gasteiger partial charge on any atom is 0.373 e. The van der Waals surface area contributed by atoms with E-state index < -0.39 is 17.4 Å². The fourth-order valence-corrected chi connectivity index (χ4v) is 2.44. The quantitative estimate of drug-likeness (QED) is 0.643. The second-order valence-corrected chi connectivity index (χ2v) is 7.09. The smallest absolute Gasteiger partial charge is 0.373 e. The molecule has 0 spiro atoms. The molecule has 1 aromatic carbocycles. The molecule has 0 unspecified atom stereocenters. The van der Waals surface area contributed by atoms with Crippen molar-refractivity contribution in [2.45, 2.75) is 52.4 Å². The summed E-state index contributed by atoms with van der Waals surface area (Å²) >= 11 is 0. The van der Waals surface area contributed by atoms with E-state index >= 15 is 0 Å². The molecule has 1 rings (SSSR count). The molecule has 0 radical (unpaired) electrons. The lowest BCUT2D eigenvalue weighted by Gasteiger charge is -2.32. The monoisotopic (exact) mass is 294 g/mol. The molecule has 1 aromatic rings. The molecule has 116 valence electrons. The molecular weight excluding hydrogens is 272 g/mol. The van der Waals surface area contributed by atoms with Crippen LogP contribution in [0.2, 0.25) is 0 Å². The summed E-state index contributed by atoms with van der Waals surface area (Å²) in [6, 6.07) is 3.10. The van der Waals surface area contributed by atoms with Crippen molar-refractivity contribution >= 4 is 11.9 Å². The van der Waals surface area contributed by atoms with Gasteiger partial charge in [-0.25, -0.2) is 9.59 Å². The Balaban J connectivity index is 3.92. The summed E-state index contributed by atoms with van der Waals surface area (Å²) in [7, 11) is 0. The van der Waals surface area contributed by atoms with E-state index in [1.165, 1.54) is 6.07 Å². The summed E-state index contributed by atoms with van der Waals surface area (Å²) in [5.41, 5.74) is 0.383. The van der Waals surface area contributed by atoms with Gasteiger partial charge in [-0.1, -0.05) is 47.6 Å². The molecule has 0 bridgehead atoms. The summed E-state index contributed by atoms with van der Waals surface area (Å²) in [5, 5.41) is 18.0. The van der Waals surface area contributed by atoms with Gasteiger partial charge in [0.1, 0.15) is 0 Å². The molecule has 0 saturated heterocycles. The minimum atomic E-state index is -1.23. The third-order valence-corrected chi connectivity index (χ3v) is 3.28. The Morgan fingerprint density at radius 1 is 1.00 bits per heavy atom. The Kier molecular flexibility index (Phi) is 4.48. The number of carbonyl (C=O) groups is 2. The van der Waals surface area contributed by atoms with E-state index in [1.807, 2.05) is 41.5 Å². The van der Waals surface area contributed by atoms with Gasteiger partial charge in [-0.15, -0.1) is 0 Å². The maximum absolute atomic E-state index is 11.9. The number of benzene rings is 1. The van der Waals surface area contributed by atoms with Gasteiger partial charge < -0.3 is 5.11 Å². The second kappa shape index (κ2) is 5.48. The lowest BCUT2D eigenvalue weighted by molar-refractivity contribution is -0.183. The predicted molar refractivity (Wildman–Crippen MR) is 78.8 cm³/mol. The van der Waals surface area contributed by atoms with Crippen LogP contribution in [0, 0.1) is 0 Å². The van der Waals surface area contributed by atoms with E-state index in [1.54, 1.807) is 6.07 Å². The van der Waals surface area contributed by atoms with Gasteiger partial charge in [0.05, 0.1) is 11.1 Å². The zero-order valence-electron chi connectivity index (χ0n) is 13.3. The minimum absolute atomic E-state index is 0.0927. The van der Waals surface area contributed by atoms with Crippen molar-refractivity contribution in [3.05, 3.63) is 34.4 Å². The van der Waals surface area contributed by atoms with Crippen LogP contribution in [0.5, 0.6) is 0 Å². The molecule has 5 heteroatoms. The highest BCUT2D eigenvalue weighted by Gasteiger charge is 2.34. The van der Waals surface area contributed by atoms with Crippen LogP contribution in [0.25, 0.3) is 0 Å². The highest BCUT2D eigenvalue weighted by Crippen LogP contribution is 2.38. The van der Waals surface area contributed by atoms with Crippen LogP contribution in [0.1, 0.15) is 73.4 Å². The molecule has 0 amide bonds. The SMILES string of the molecule is CC(C)(C)c1ccc(C(=O)O)c(C(=O)OO)c1C(C)(C)C. The molecule has 0 heterocycles. The van der Waals surface area contributed by atoms with Gasteiger partial charge in [0, 0.05) is 0 Å². The van der Waals surface area contributed by atoms with Crippen LogP contribution < -0.4 is 0 Å². The van der Waals surface area contributed by atoms with Crippen molar-refractivity contribution in [3.8, 4) is 0 Å². The molecule has 0 aromatic heterocycles. The van der Waals surface area contributed by atoms with Crippen LogP contribution in [0.15, 0.2) is 12.1 Å². The van der Waals surface area contributed by atoms with Crippen LogP contribution in [-0.2, 0) is 15.7 Å². The lowest BCUT2D eigenvalue weighted by Crippen LogP contribution is -2.27. The summed E-state index contributed by atoms with van der Waals surface area (Å²) in [5.74, 6) is -2.29. The third-order valence-electron chi connectivity index (χ3n) is 3.28. The maximum atomic E-state index is 11.9. The topological polar surface area (TPSA) is 83.8 Å². The first-order chi connectivity index (χ1) is 9.41. The van der Waals surface area contributed by atoms with Gasteiger partial charge in [-0.2, -0.15) is 5.26 Å². The van der Waals surface area contributed by atoms with Gasteiger partial charge in [0.25, 0.3) is 0 Å². The summed E-state index contributed by atoms with van der Waals surface area (Å²) in [6.07, 6.45) is 0. The zero-order valence-corrected chi connectivity index (χ0v) is 13.3. The molecule has 0 aliphatic rings. The second-order valence-electron chi connectivity index (χ2n) is 7.09. The Morgan fingerprint density at radius 2 is 1.52 bits per heavy atom. The third kappa shape index (κ3) is 3.42. The molecule has 0 aliphatic carbocycles. The largest absolute Gasteiger partial charge is 0.478 e. The summed E-state index contributed by atoms with van der Waals surface area (Å²) in [6.45, 7) is 11.6. The molecule has 0 saturated carbocycles. The molecular formula is C16H22O5. The van der Waals surface area contributed by atoms with Crippen molar-refractivity contribution in [1.82, 2.24) is 0 Å². The number of hydrogen-bond donors (Lipinski definition) is 2. The van der Waals surface area contributed by atoms with Crippen LogP contribution in [0.4, 0.5) is 0 Å². The Morgan fingerprint density at radius 3 is 1.86 bits per heavy atom. The van der Waals surface area contributed by atoms with E-state index in [4.69, 9.17) is 5.26 Å². The van der Waals surface area contributed by atoms with Crippen LogP contribution in [0.3, 0.4) is 0 Å². The highest BCUT2D eigenvalue weighted by molar-refractivity contribution is 6.04. The first-order valence-corrected chi connectivity index (χ1v) is 6.68. The lowest BCUT2D eigenvalue weighted by atomic mass is 9.72. The van der Waals surface area contributed by atoms with E-state index in [-0.39, 0.29) is 16.5 Å². The number of carboxylic acid groups (broad SMARTS) is 1. The Bertz CT molecular complexity index is 574. The van der Waals surface area contributed by atoms with Gasteiger partial charge >= 0.3 is 11.9 Å². The normalized spacial score (nSPS) is 12.1. The number of carboxylic acids is 1. The minimum Gasteiger partial charge on any atom is -0.478 e. The van der Waals surface area contributed by atoms with Gasteiger partial charge in [-0.05, 0) is 28.0 Å². The van der Waals surface area contributed by atoms with Crippen molar-refractivity contribution < 1.29 is 24.8 Å². The highest BCUT2D eigenvalue weighted by atomic mass is 17.1. The Hall–Kier alpha value is -1.88. The fourth-order valence-electron chi connectivity index (χ4n) is 2.44. The summed E-state index contributed by atoms with van der Waals surface area (Å²) in [4.78, 5) is 27.2. The van der Waals surface area contributed by atoms with Gasteiger partial charge in [-0.3, -0.25) is 4.89 Å². The van der Waals surface area contributed by atoms with Crippen LogP contribution in [-0.4, -0.2) is 22.3 Å². The molecule has 0 atom stereocenters. The molecule has 21 heavy (non-hydrogen) atoms. The van der Waals surface area contributed by atoms with Crippen molar-refractivity contribution in [2.75, 3.05) is 0 Å². The van der Waals surface area contributed by atoms with E-state index in [0.717, 1.165) is 5.56 Å². The average Bonchev–Trinajstić information content (AvgIpc) is 2.33. The number of hydrogen-bond acceptors (Lipinski definition) is 4.